The van der Waals surface area contributed by atoms with Gasteiger partial charge in [-0.05, 0) is 0 Å². The second-order valence-electron chi connectivity index (χ2n) is 4.23. The predicted octanol–water partition coefficient (Wildman–Crippen LogP) is 1.53. The molecule has 2 rings (SSSR count). The van der Waals surface area contributed by atoms with E-state index in [2.05, 4.69) is 17.1 Å². The van der Waals surface area contributed by atoms with Gasteiger partial charge in [-0.15, -0.1) is 11.8 Å². The van der Waals surface area contributed by atoms with Crippen LogP contribution >= 0.6 is 23.5 Å². The van der Waals surface area contributed by atoms with Gasteiger partial charge in [-0.25, -0.2) is 0 Å². The third-order valence-corrected chi connectivity index (χ3v) is 5.78. The third-order valence-electron chi connectivity index (χ3n) is 2.70. The van der Waals surface area contributed by atoms with Crippen molar-refractivity contribution in [3.05, 3.63) is 11.7 Å². The molecule has 0 saturated carbocycles. The van der Waals surface area contributed by atoms with Crippen molar-refractivity contribution in [3.63, 3.8) is 0 Å². The van der Waals surface area contributed by atoms with Gasteiger partial charge in [0.25, 0.3) is 0 Å². The molecule has 0 bridgehead atoms. The van der Waals surface area contributed by atoms with Crippen molar-refractivity contribution in [1.29, 1.82) is 0 Å². The van der Waals surface area contributed by atoms with Gasteiger partial charge < -0.3 is 14.4 Å². The number of thioether (sulfide) groups is 2. The number of hydrogen-bond acceptors (Lipinski definition) is 7. The molecule has 2 heterocycles. The number of aliphatic hydroxyl groups is 1. The highest BCUT2D eigenvalue weighted by atomic mass is 32.2. The summed E-state index contributed by atoms with van der Waals surface area (Å²) in [5.41, 5.74) is 0. The third kappa shape index (κ3) is 3.63. The van der Waals surface area contributed by atoms with Crippen molar-refractivity contribution < 1.29 is 14.4 Å². The Morgan fingerprint density at radius 3 is 3.00 bits per heavy atom. The molecular formula is C11H18N2O3S2. The molecule has 0 radical (unpaired) electrons. The fourth-order valence-corrected chi connectivity index (χ4v) is 4.52. The lowest BCUT2D eigenvalue weighted by Crippen LogP contribution is -2.18. The zero-order chi connectivity index (χ0) is 13.0. The molecule has 7 heteroatoms. The van der Waals surface area contributed by atoms with Crippen LogP contribution in [0.15, 0.2) is 4.52 Å². The van der Waals surface area contributed by atoms with E-state index in [1.165, 1.54) is 5.75 Å². The molecule has 1 aromatic heterocycles. The van der Waals surface area contributed by atoms with E-state index in [1.54, 1.807) is 7.11 Å². The molecule has 0 aliphatic carbocycles. The van der Waals surface area contributed by atoms with Crippen LogP contribution in [0, 0.1) is 0 Å². The molecule has 5 nitrogen and oxygen atoms in total. The number of aliphatic hydroxyl groups excluding tert-OH is 1. The second kappa shape index (κ2) is 6.79. The second-order valence-corrected chi connectivity index (χ2v) is 6.96. The Hall–Kier alpha value is -0.240. The number of nitrogens with zero attached hydrogens (tertiary/aromatic N) is 2. The molecule has 18 heavy (non-hydrogen) atoms. The van der Waals surface area contributed by atoms with Crippen molar-refractivity contribution in [2.24, 2.45) is 0 Å². The minimum atomic E-state index is -0.589. The first-order valence-electron chi connectivity index (χ1n) is 5.93. The first-order chi connectivity index (χ1) is 8.70. The summed E-state index contributed by atoms with van der Waals surface area (Å²) >= 11 is 3.81. The molecule has 3 atom stereocenters. The summed E-state index contributed by atoms with van der Waals surface area (Å²) in [6.07, 6.45) is -0.242. The average molecular weight is 290 g/mol. The van der Waals surface area contributed by atoms with Crippen LogP contribution in [-0.2, 0) is 11.2 Å². The molecule has 0 amide bonds. The fraction of sp³-hybridized carbons (Fsp3) is 0.818. The summed E-state index contributed by atoms with van der Waals surface area (Å²) in [5.74, 6) is 3.53. The van der Waals surface area contributed by atoms with Gasteiger partial charge >= 0.3 is 0 Å². The standard InChI is InChI=1S/C11H18N2O3S2/c1-7-10(18-4-3-17-7)11-12-9(16-13-11)5-8(14)6-15-2/h7-8,10,14H,3-6H2,1-2H3. The predicted molar refractivity (Wildman–Crippen MR) is 73.0 cm³/mol. The van der Waals surface area contributed by atoms with Crippen molar-refractivity contribution >= 4 is 23.5 Å². The van der Waals surface area contributed by atoms with Crippen molar-refractivity contribution in [3.8, 4) is 0 Å². The molecule has 3 unspecified atom stereocenters. The van der Waals surface area contributed by atoms with Crippen LogP contribution < -0.4 is 0 Å². The zero-order valence-electron chi connectivity index (χ0n) is 10.5. The molecule has 1 aliphatic rings. The van der Waals surface area contributed by atoms with Gasteiger partial charge in [0.2, 0.25) is 5.89 Å². The number of hydrogen-bond donors (Lipinski definition) is 1. The highest BCUT2D eigenvalue weighted by Gasteiger charge is 2.28. The molecule has 0 aromatic carbocycles. The summed E-state index contributed by atoms with van der Waals surface area (Å²) in [4.78, 5) is 4.38. The lowest BCUT2D eigenvalue weighted by atomic mass is 10.2. The van der Waals surface area contributed by atoms with E-state index in [-0.39, 0.29) is 6.61 Å². The first kappa shape index (κ1) is 14.2. The Morgan fingerprint density at radius 1 is 1.50 bits per heavy atom. The Kier molecular flexibility index (Phi) is 5.35. The normalized spacial score (nSPS) is 26.2. The van der Waals surface area contributed by atoms with Gasteiger partial charge in [-0.3, -0.25) is 0 Å². The summed E-state index contributed by atoms with van der Waals surface area (Å²) in [7, 11) is 1.56. The van der Waals surface area contributed by atoms with Crippen molar-refractivity contribution in [2.45, 2.75) is 29.9 Å². The maximum Gasteiger partial charge on any atom is 0.229 e. The largest absolute Gasteiger partial charge is 0.390 e. The number of aromatic nitrogens is 2. The van der Waals surface area contributed by atoms with Gasteiger partial charge in [0, 0.05) is 23.9 Å². The van der Waals surface area contributed by atoms with Gasteiger partial charge in [0.05, 0.1) is 24.4 Å². The average Bonchev–Trinajstić information content (AvgIpc) is 2.78. The number of rotatable bonds is 5. The van der Waals surface area contributed by atoms with Crippen LogP contribution in [0.1, 0.15) is 23.9 Å². The van der Waals surface area contributed by atoms with Crippen LogP contribution in [-0.4, -0.2) is 51.8 Å². The Balaban J connectivity index is 1.96. The minimum absolute atomic E-state index is 0.280. The van der Waals surface area contributed by atoms with Crippen LogP contribution in [0.3, 0.4) is 0 Å². The molecule has 102 valence electrons. The van der Waals surface area contributed by atoms with Crippen LogP contribution in [0.4, 0.5) is 0 Å². The van der Waals surface area contributed by atoms with E-state index in [0.717, 1.165) is 11.6 Å². The monoisotopic (exact) mass is 290 g/mol. The van der Waals surface area contributed by atoms with Crippen molar-refractivity contribution in [2.75, 3.05) is 25.2 Å². The van der Waals surface area contributed by atoms with Gasteiger partial charge in [0.15, 0.2) is 5.82 Å². The quantitative estimate of drug-likeness (QED) is 0.882. The van der Waals surface area contributed by atoms with E-state index in [4.69, 9.17) is 9.26 Å². The Morgan fingerprint density at radius 2 is 2.28 bits per heavy atom. The highest BCUT2D eigenvalue weighted by Crippen LogP contribution is 2.41. The maximum atomic E-state index is 9.61. The summed E-state index contributed by atoms with van der Waals surface area (Å²) in [6.45, 7) is 2.47. The molecule has 1 N–H and O–H groups in total. The summed E-state index contributed by atoms with van der Waals surface area (Å²) in [5, 5.41) is 14.4. The van der Waals surface area contributed by atoms with E-state index < -0.39 is 6.10 Å². The molecule has 0 spiro atoms. The lowest BCUT2D eigenvalue weighted by molar-refractivity contribution is 0.0599. The number of methoxy groups -OCH3 is 1. The van der Waals surface area contributed by atoms with Gasteiger partial charge in [-0.1, -0.05) is 12.1 Å². The zero-order valence-corrected chi connectivity index (χ0v) is 12.2. The van der Waals surface area contributed by atoms with E-state index >= 15 is 0 Å². The first-order valence-corrected chi connectivity index (χ1v) is 8.03. The van der Waals surface area contributed by atoms with E-state index in [1.807, 2.05) is 23.5 Å². The van der Waals surface area contributed by atoms with E-state index in [9.17, 15) is 5.11 Å². The van der Waals surface area contributed by atoms with Gasteiger partial charge in [-0.2, -0.15) is 16.7 Å². The van der Waals surface area contributed by atoms with Crippen LogP contribution in [0.25, 0.3) is 0 Å². The van der Waals surface area contributed by atoms with E-state index in [0.29, 0.717) is 22.8 Å². The Bertz CT molecular complexity index is 375. The minimum Gasteiger partial charge on any atom is -0.390 e. The fourth-order valence-electron chi connectivity index (χ4n) is 1.84. The topological polar surface area (TPSA) is 68.4 Å². The molecule has 1 saturated heterocycles. The Labute approximate surface area is 115 Å². The number of ether oxygens (including phenoxy) is 1. The molecule has 1 aliphatic heterocycles. The van der Waals surface area contributed by atoms with Crippen LogP contribution in [0.2, 0.25) is 0 Å². The smallest absolute Gasteiger partial charge is 0.229 e. The van der Waals surface area contributed by atoms with Crippen molar-refractivity contribution in [1.82, 2.24) is 10.1 Å². The molecule has 1 aromatic rings. The summed E-state index contributed by atoms with van der Waals surface area (Å²) in [6, 6.07) is 0. The summed E-state index contributed by atoms with van der Waals surface area (Å²) < 4.78 is 10.1. The lowest BCUT2D eigenvalue weighted by Gasteiger charge is -2.24. The van der Waals surface area contributed by atoms with Crippen LogP contribution in [0.5, 0.6) is 0 Å². The SMILES string of the molecule is COCC(O)Cc1nc(C2SCCSC2C)no1. The maximum absolute atomic E-state index is 9.61. The highest BCUT2D eigenvalue weighted by molar-refractivity contribution is 8.06. The molecule has 1 fully saturated rings. The molecular weight excluding hydrogens is 272 g/mol. The van der Waals surface area contributed by atoms with Gasteiger partial charge in [0.1, 0.15) is 0 Å².